The van der Waals surface area contributed by atoms with Crippen LogP contribution in [0.5, 0.6) is 5.75 Å². The number of aliphatic hydroxyl groups excluding tert-OH is 2. The lowest BCUT2D eigenvalue weighted by Gasteiger charge is -2.29. The van der Waals surface area contributed by atoms with Crippen molar-refractivity contribution in [3.8, 4) is 5.75 Å². The second-order valence-electron chi connectivity index (χ2n) is 7.31. The van der Waals surface area contributed by atoms with E-state index in [1.807, 2.05) is 4.98 Å². The van der Waals surface area contributed by atoms with Gasteiger partial charge in [0.25, 0.3) is 5.85 Å². The normalized spacial score (nSPS) is 33.2. The molecule has 1 fully saturated rings. The zero-order valence-electron chi connectivity index (χ0n) is 18.6. The lowest BCUT2D eigenvalue weighted by atomic mass is 10.1. The Bertz CT molecular complexity index is 1320. The molecule has 1 aromatic heterocycles. The SMILES string of the molecule is [2H]C([2H])(OP1(=O)OCc2cc(C)cc(C)c2O1)[C@@]1(F)O[C@@H](n2cc(F)c(=S)[nH]c2=O)[C@H](O)[C@@H]1O. The fourth-order valence-corrected chi connectivity index (χ4v) is 4.68. The van der Waals surface area contributed by atoms with Crippen molar-refractivity contribution < 1.29 is 44.6 Å². The largest absolute Gasteiger partial charge is 0.530 e. The number of aromatic amines is 1. The highest BCUT2D eigenvalue weighted by Gasteiger charge is 2.57. The first kappa shape index (κ1) is 20.6. The maximum absolute atomic E-state index is 15.7. The molecule has 4 rings (SSSR count). The summed E-state index contributed by atoms with van der Waals surface area (Å²) in [5.74, 6) is -4.93. The van der Waals surface area contributed by atoms with E-state index in [1.165, 1.54) is 0 Å². The first-order chi connectivity index (χ1) is 15.7. The molecule has 3 heterocycles. The summed E-state index contributed by atoms with van der Waals surface area (Å²) in [6, 6.07) is 3.39. The second kappa shape index (κ2) is 8.10. The molecule has 2 aliphatic rings. The van der Waals surface area contributed by atoms with Crippen molar-refractivity contribution in [1.82, 2.24) is 9.55 Å². The number of rotatable bonds is 4. The molecule has 10 nitrogen and oxygen atoms in total. The molecule has 0 saturated carbocycles. The Morgan fingerprint density at radius 2 is 2.19 bits per heavy atom. The molecule has 1 aromatic carbocycles. The average molecular weight is 494 g/mol. The molecule has 2 aromatic rings. The number of phosphoric ester groups is 1. The highest BCUT2D eigenvalue weighted by atomic mass is 32.1. The average Bonchev–Trinajstić information content (AvgIpc) is 2.96. The van der Waals surface area contributed by atoms with Gasteiger partial charge in [-0.05, 0) is 19.4 Å². The van der Waals surface area contributed by atoms with E-state index >= 15 is 4.39 Å². The molecule has 1 unspecified atom stereocenters. The number of phosphoric acid groups is 1. The molecular formula is C18H19F2N2O8PS. The minimum atomic E-state index is -4.80. The van der Waals surface area contributed by atoms with Crippen LogP contribution in [-0.4, -0.2) is 44.4 Å². The van der Waals surface area contributed by atoms with E-state index in [1.54, 1.807) is 26.0 Å². The first-order valence-corrected chi connectivity index (χ1v) is 11.0. The lowest BCUT2D eigenvalue weighted by Crippen LogP contribution is -2.43. The number of nitrogens with one attached hydrogen (secondary N) is 1. The number of fused-ring (bicyclic) bond motifs is 1. The summed E-state index contributed by atoms with van der Waals surface area (Å²) in [6.45, 7) is -0.616. The van der Waals surface area contributed by atoms with E-state index in [-0.39, 0.29) is 12.4 Å². The summed E-state index contributed by atoms with van der Waals surface area (Å²) in [5, 5.41) is 20.5. The third-order valence-corrected chi connectivity index (χ3v) is 6.32. The third-order valence-electron chi connectivity index (χ3n) is 4.86. The van der Waals surface area contributed by atoms with Gasteiger partial charge in [-0.25, -0.2) is 18.1 Å². The molecular weight excluding hydrogens is 473 g/mol. The highest BCUT2D eigenvalue weighted by Crippen LogP contribution is 2.56. The third kappa shape index (κ3) is 4.05. The fourth-order valence-electron chi connectivity index (χ4n) is 3.38. The standard InChI is InChI=1S/C18H19F2N2O8PS/c1-8-3-9(2)13-10(4-8)6-27-31(26,30-13)28-7-18(20)14(24)12(23)16(29-18)22-5-11(19)15(32)21-17(22)25/h3-5,12,14,16,23-24H,6-7H2,1-2H3,(H,21,25,32)/t12-,14+,16-,18-,31?/m1/s1/i7D2. The number of H-pyrrole nitrogens is 1. The zero-order chi connectivity index (χ0) is 25.2. The van der Waals surface area contributed by atoms with Crippen LogP contribution in [0.4, 0.5) is 8.78 Å². The van der Waals surface area contributed by atoms with Gasteiger partial charge in [-0.3, -0.25) is 18.6 Å². The quantitative estimate of drug-likeness (QED) is 0.433. The van der Waals surface area contributed by atoms with E-state index in [4.69, 9.17) is 21.0 Å². The second-order valence-corrected chi connectivity index (χ2v) is 9.23. The lowest BCUT2D eigenvalue weighted by molar-refractivity contribution is -0.205. The Kier molecular flexibility index (Phi) is 5.22. The number of hydrogen-bond acceptors (Lipinski definition) is 9. The van der Waals surface area contributed by atoms with E-state index in [9.17, 15) is 24.0 Å². The van der Waals surface area contributed by atoms with Crippen LogP contribution in [-0.2, 0) is 25.0 Å². The van der Waals surface area contributed by atoms with Crippen LogP contribution in [0.3, 0.4) is 0 Å². The Morgan fingerprint density at radius 1 is 1.47 bits per heavy atom. The zero-order valence-corrected chi connectivity index (χ0v) is 18.3. The van der Waals surface area contributed by atoms with Gasteiger partial charge >= 0.3 is 13.5 Å². The Hall–Kier alpha value is -1.99. The topological polar surface area (TPSA) is 132 Å². The van der Waals surface area contributed by atoms with Crippen molar-refractivity contribution in [3.05, 3.63) is 56.0 Å². The molecule has 14 heteroatoms. The first-order valence-electron chi connectivity index (χ1n) is 10.2. The molecule has 0 aliphatic carbocycles. The molecule has 0 amide bonds. The summed E-state index contributed by atoms with van der Waals surface area (Å²) < 4.78 is 78.3. The fraction of sp³-hybridized carbons (Fsp3) is 0.444. The van der Waals surface area contributed by atoms with Crippen molar-refractivity contribution in [1.29, 1.82) is 0 Å². The molecule has 2 aliphatic heterocycles. The van der Waals surface area contributed by atoms with Gasteiger partial charge in [0.2, 0.25) is 0 Å². The molecule has 0 bridgehead atoms. The van der Waals surface area contributed by atoms with Crippen molar-refractivity contribution in [2.45, 2.75) is 44.7 Å². The van der Waals surface area contributed by atoms with Crippen LogP contribution in [0.15, 0.2) is 23.1 Å². The molecule has 174 valence electrons. The summed E-state index contributed by atoms with van der Waals surface area (Å²) in [4.78, 5) is 14.0. The van der Waals surface area contributed by atoms with Crippen molar-refractivity contribution in [2.24, 2.45) is 0 Å². The molecule has 0 radical (unpaired) electrons. The van der Waals surface area contributed by atoms with Gasteiger partial charge in [-0.2, -0.15) is 0 Å². The van der Waals surface area contributed by atoms with Crippen LogP contribution in [0.2, 0.25) is 0 Å². The number of benzene rings is 1. The number of aromatic nitrogens is 2. The number of ether oxygens (including phenoxy) is 1. The van der Waals surface area contributed by atoms with Gasteiger partial charge in [0.05, 0.1) is 15.5 Å². The summed E-state index contributed by atoms with van der Waals surface area (Å²) in [6.07, 6.45) is -6.56. The number of nitrogens with zero attached hydrogens (tertiary/aromatic N) is 1. The van der Waals surface area contributed by atoms with E-state index in [0.717, 1.165) is 5.56 Å². The van der Waals surface area contributed by atoms with E-state index in [0.29, 0.717) is 21.9 Å². The molecule has 0 spiro atoms. The Morgan fingerprint density at radius 3 is 2.91 bits per heavy atom. The number of alkyl halides is 1. The van der Waals surface area contributed by atoms with Crippen molar-refractivity contribution in [2.75, 3.05) is 6.56 Å². The van der Waals surface area contributed by atoms with Crippen LogP contribution < -0.4 is 10.2 Å². The number of halogens is 2. The molecule has 3 N–H and O–H groups in total. The van der Waals surface area contributed by atoms with Crippen molar-refractivity contribution >= 4 is 20.0 Å². The minimum Gasteiger partial charge on any atom is -0.403 e. The molecule has 5 atom stereocenters. The Balaban J connectivity index is 1.64. The van der Waals surface area contributed by atoms with Gasteiger partial charge in [0, 0.05) is 5.56 Å². The van der Waals surface area contributed by atoms with Gasteiger partial charge in [-0.1, -0.05) is 29.9 Å². The van der Waals surface area contributed by atoms with Gasteiger partial charge < -0.3 is 19.5 Å². The maximum atomic E-state index is 15.7. The van der Waals surface area contributed by atoms with Gasteiger partial charge in [0.1, 0.15) is 29.2 Å². The van der Waals surface area contributed by atoms with Gasteiger partial charge in [-0.15, -0.1) is 0 Å². The van der Waals surface area contributed by atoms with Gasteiger partial charge in [0.15, 0.2) is 12.0 Å². The summed E-state index contributed by atoms with van der Waals surface area (Å²) in [7, 11) is -4.80. The molecule has 1 saturated heterocycles. The van der Waals surface area contributed by atoms with Crippen LogP contribution in [0.1, 0.15) is 25.7 Å². The van der Waals surface area contributed by atoms with Crippen LogP contribution >= 0.6 is 20.0 Å². The number of hydrogen-bond donors (Lipinski definition) is 3. The van der Waals surface area contributed by atoms with Crippen LogP contribution in [0, 0.1) is 24.3 Å². The smallest absolute Gasteiger partial charge is 0.403 e. The summed E-state index contributed by atoms with van der Waals surface area (Å²) in [5.41, 5.74) is 0.754. The predicted molar refractivity (Wildman–Crippen MR) is 107 cm³/mol. The minimum absolute atomic E-state index is 0.0938. The summed E-state index contributed by atoms with van der Waals surface area (Å²) >= 11 is 4.57. The van der Waals surface area contributed by atoms with E-state index < -0.39 is 54.8 Å². The number of aliphatic hydroxyl groups is 2. The van der Waals surface area contributed by atoms with Crippen molar-refractivity contribution in [3.63, 3.8) is 0 Å². The van der Waals surface area contributed by atoms with E-state index in [2.05, 4.69) is 12.2 Å². The molecule has 32 heavy (non-hydrogen) atoms. The van der Waals surface area contributed by atoms with Crippen LogP contribution in [0.25, 0.3) is 0 Å². The predicted octanol–water partition coefficient (Wildman–Crippen LogP) is 2.31. The monoisotopic (exact) mass is 494 g/mol. The number of aryl methyl sites for hydroxylation is 2. The Labute approximate surface area is 187 Å². The maximum Gasteiger partial charge on any atom is 0.530 e. The highest BCUT2D eigenvalue weighted by molar-refractivity contribution is 7.71.